The van der Waals surface area contributed by atoms with Crippen LogP contribution in [0.1, 0.15) is 40.3 Å². The largest absolute Gasteiger partial charge is 0.511 e. The number of carboxylic acid groups (broad SMARTS) is 1. The molecular formula is C29H25FN2O4. The van der Waals surface area contributed by atoms with Crippen LogP contribution < -0.4 is 4.74 Å². The number of halogens is 1. The van der Waals surface area contributed by atoms with Crippen molar-refractivity contribution in [3.05, 3.63) is 119 Å². The number of hydrogen-bond donors (Lipinski definition) is 2. The zero-order valence-corrected chi connectivity index (χ0v) is 19.9. The van der Waals surface area contributed by atoms with Gasteiger partial charge in [-0.3, -0.25) is 4.98 Å². The van der Waals surface area contributed by atoms with Gasteiger partial charge >= 0.3 is 6.16 Å². The number of aromatic nitrogens is 1. The van der Waals surface area contributed by atoms with Gasteiger partial charge in [0.2, 0.25) is 0 Å². The summed E-state index contributed by atoms with van der Waals surface area (Å²) >= 11 is 0. The number of oxime groups is 1. The average Bonchev–Trinajstić information content (AvgIpc) is 2.87. The van der Waals surface area contributed by atoms with Crippen LogP contribution in [0.4, 0.5) is 9.18 Å². The highest BCUT2D eigenvalue weighted by molar-refractivity contribution is 6.01. The van der Waals surface area contributed by atoms with Gasteiger partial charge in [-0.25, -0.2) is 9.18 Å². The fourth-order valence-corrected chi connectivity index (χ4v) is 4.28. The maximum Gasteiger partial charge on any atom is 0.511 e. The Balaban J connectivity index is 1.70. The molecule has 7 heteroatoms. The number of rotatable bonds is 7. The smallest absolute Gasteiger partial charge is 0.449 e. The number of ether oxygens (including phenoxy) is 1. The van der Waals surface area contributed by atoms with Crippen molar-refractivity contribution >= 4 is 11.9 Å². The van der Waals surface area contributed by atoms with Gasteiger partial charge in [0.25, 0.3) is 0 Å². The second kappa shape index (κ2) is 10.8. The van der Waals surface area contributed by atoms with Crippen molar-refractivity contribution in [3.8, 4) is 16.9 Å². The first-order valence-electron chi connectivity index (χ1n) is 11.4. The third kappa shape index (κ3) is 5.58. The molecule has 2 N–H and O–H groups in total. The lowest BCUT2D eigenvalue weighted by atomic mass is 9.83. The van der Waals surface area contributed by atoms with E-state index in [2.05, 4.69) is 20.9 Å². The second-order valence-corrected chi connectivity index (χ2v) is 8.48. The summed E-state index contributed by atoms with van der Waals surface area (Å²) in [5.74, 6) is -1.20. The molecule has 0 amide bonds. The Morgan fingerprint density at radius 1 is 1.00 bits per heavy atom. The molecule has 3 aromatic carbocycles. The lowest BCUT2D eigenvalue weighted by Gasteiger charge is -2.21. The van der Waals surface area contributed by atoms with Gasteiger partial charge in [-0.1, -0.05) is 59.8 Å². The van der Waals surface area contributed by atoms with Crippen molar-refractivity contribution in [2.45, 2.75) is 26.2 Å². The third-order valence-corrected chi connectivity index (χ3v) is 6.09. The summed E-state index contributed by atoms with van der Waals surface area (Å²) in [7, 11) is 0. The molecule has 1 atom stereocenters. The number of aryl methyl sites for hydroxylation is 2. The van der Waals surface area contributed by atoms with E-state index in [-0.39, 0.29) is 11.7 Å². The van der Waals surface area contributed by atoms with Crippen molar-refractivity contribution in [2.75, 3.05) is 0 Å². The molecule has 6 nitrogen and oxygen atoms in total. The zero-order valence-electron chi connectivity index (χ0n) is 19.9. The van der Waals surface area contributed by atoms with Crippen LogP contribution in [-0.2, 0) is 0 Å². The Kier molecular flexibility index (Phi) is 7.39. The summed E-state index contributed by atoms with van der Waals surface area (Å²) < 4.78 is 18.5. The maximum absolute atomic E-state index is 13.9. The van der Waals surface area contributed by atoms with Crippen LogP contribution in [0.5, 0.6) is 5.75 Å². The van der Waals surface area contributed by atoms with Gasteiger partial charge in [-0.15, -0.1) is 0 Å². The molecule has 0 aliphatic rings. The minimum Gasteiger partial charge on any atom is -0.449 e. The molecule has 0 radical (unpaired) electrons. The molecule has 0 bridgehead atoms. The van der Waals surface area contributed by atoms with Gasteiger partial charge in [0.05, 0.1) is 5.71 Å². The van der Waals surface area contributed by atoms with E-state index in [4.69, 9.17) is 5.11 Å². The molecule has 1 unspecified atom stereocenters. The maximum atomic E-state index is 13.9. The van der Waals surface area contributed by atoms with Crippen LogP contribution in [-0.4, -0.2) is 27.2 Å². The van der Waals surface area contributed by atoms with Crippen molar-refractivity contribution in [3.63, 3.8) is 0 Å². The molecule has 182 valence electrons. The molecule has 0 saturated heterocycles. The molecular weight excluding hydrogens is 459 g/mol. The summed E-state index contributed by atoms with van der Waals surface area (Å²) in [6.07, 6.45) is 0.573. The van der Waals surface area contributed by atoms with Gasteiger partial charge < -0.3 is 15.1 Å². The Morgan fingerprint density at radius 2 is 1.72 bits per heavy atom. The lowest BCUT2D eigenvalue weighted by Crippen LogP contribution is -2.12. The lowest BCUT2D eigenvalue weighted by molar-refractivity contribution is 0.142. The molecule has 0 spiro atoms. The highest BCUT2D eigenvalue weighted by Crippen LogP contribution is 2.34. The van der Waals surface area contributed by atoms with Crippen molar-refractivity contribution < 1.29 is 24.2 Å². The predicted molar refractivity (Wildman–Crippen MR) is 135 cm³/mol. The van der Waals surface area contributed by atoms with Crippen molar-refractivity contribution in [2.24, 2.45) is 5.16 Å². The van der Waals surface area contributed by atoms with Gasteiger partial charge in [0, 0.05) is 29.8 Å². The van der Waals surface area contributed by atoms with E-state index >= 15 is 0 Å². The van der Waals surface area contributed by atoms with Crippen LogP contribution in [0.25, 0.3) is 11.1 Å². The minimum absolute atomic E-state index is 0.0984. The normalized spacial score (nSPS) is 12.2. The van der Waals surface area contributed by atoms with Gasteiger partial charge in [0.1, 0.15) is 0 Å². The van der Waals surface area contributed by atoms with E-state index < -0.39 is 12.0 Å². The van der Waals surface area contributed by atoms with E-state index in [0.717, 1.165) is 33.5 Å². The Hall–Kier alpha value is -4.52. The molecule has 36 heavy (non-hydrogen) atoms. The Labute approximate surface area is 208 Å². The Morgan fingerprint density at radius 3 is 2.39 bits per heavy atom. The number of benzene rings is 3. The van der Waals surface area contributed by atoms with Gasteiger partial charge in [-0.2, -0.15) is 0 Å². The molecule has 0 aliphatic heterocycles. The Bertz CT molecular complexity index is 1420. The molecule has 0 saturated carbocycles. The van der Waals surface area contributed by atoms with Crippen molar-refractivity contribution in [1.29, 1.82) is 0 Å². The summed E-state index contributed by atoms with van der Waals surface area (Å²) in [5.41, 5.74) is 6.80. The molecule has 1 aromatic heterocycles. The summed E-state index contributed by atoms with van der Waals surface area (Å²) in [4.78, 5) is 15.1. The minimum atomic E-state index is -1.58. The van der Waals surface area contributed by atoms with Crippen LogP contribution in [0.2, 0.25) is 0 Å². The number of carbonyl (C=O) groups is 1. The highest BCUT2D eigenvalue weighted by Gasteiger charge is 2.21. The monoisotopic (exact) mass is 484 g/mol. The van der Waals surface area contributed by atoms with Gasteiger partial charge in [0.15, 0.2) is 11.6 Å². The summed E-state index contributed by atoms with van der Waals surface area (Å²) in [6.45, 7) is 3.93. The molecule has 1 heterocycles. The standard InChI is InChI=1S/C29H25FN2O4/c1-18-5-3-4-6-24(18)25(17-27(32-35)23-13-14-31-19(2)15-23)21-9-7-20(8-10-21)22-11-12-26(30)28(16-22)36-29(33)34/h3-16,25,35H,17H2,1-2H3,(H,33,34). The van der Waals surface area contributed by atoms with E-state index in [9.17, 15) is 14.4 Å². The molecule has 4 aromatic rings. The van der Waals surface area contributed by atoms with Crippen LogP contribution in [0.3, 0.4) is 0 Å². The summed E-state index contributed by atoms with van der Waals surface area (Å²) in [5, 5.41) is 22.3. The third-order valence-electron chi connectivity index (χ3n) is 6.09. The number of pyridine rings is 1. The second-order valence-electron chi connectivity index (χ2n) is 8.48. The average molecular weight is 485 g/mol. The first-order chi connectivity index (χ1) is 17.4. The van der Waals surface area contributed by atoms with Crippen LogP contribution in [0, 0.1) is 19.7 Å². The van der Waals surface area contributed by atoms with E-state index in [1.807, 2.05) is 68.4 Å². The van der Waals surface area contributed by atoms with Crippen LogP contribution in [0.15, 0.2) is 90.2 Å². The van der Waals surface area contributed by atoms with Crippen molar-refractivity contribution in [1.82, 2.24) is 4.98 Å². The van der Waals surface area contributed by atoms with Crippen LogP contribution >= 0.6 is 0 Å². The fraction of sp³-hybridized carbons (Fsp3) is 0.138. The quantitative estimate of drug-likeness (QED) is 0.0972. The summed E-state index contributed by atoms with van der Waals surface area (Å²) in [6, 6.07) is 23.6. The van der Waals surface area contributed by atoms with E-state index in [1.165, 1.54) is 12.1 Å². The SMILES string of the molecule is Cc1cc(C(CC(c2ccc(-c3ccc(F)c(OC(=O)O)c3)cc2)c2ccccc2C)=NO)ccn1. The van der Waals surface area contributed by atoms with E-state index in [1.54, 1.807) is 12.3 Å². The molecule has 0 aliphatic carbocycles. The number of nitrogens with zero attached hydrogens (tertiary/aromatic N) is 2. The first-order valence-corrected chi connectivity index (χ1v) is 11.4. The van der Waals surface area contributed by atoms with Gasteiger partial charge in [-0.05, 0) is 65.9 Å². The first kappa shape index (κ1) is 24.6. The fourth-order valence-electron chi connectivity index (χ4n) is 4.28. The van der Waals surface area contributed by atoms with E-state index in [0.29, 0.717) is 17.7 Å². The molecule has 4 rings (SSSR count). The zero-order chi connectivity index (χ0) is 25.7. The number of hydrogen-bond acceptors (Lipinski definition) is 5. The predicted octanol–water partition coefficient (Wildman–Crippen LogP) is 6.96. The topological polar surface area (TPSA) is 92.0 Å². The molecule has 0 fully saturated rings. The highest BCUT2D eigenvalue weighted by atomic mass is 19.1.